The van der Waals surface area contributed by atoms with Crippen LogP contribution in [0.1, 0.15) is 28.8 Å². The summed E-state index contributed by atoms with van der Waals surface area (Å²) in [4.78, 5) is 30.6. The molecular weight excluding hydrogens is 386 g/mol. The zero-order chi connectivity index (χ0) is 21.3. The van der Waals surface area contributed by atoms with Gasteiger partial charge in [0, 0.05) is 33.0 Å². The lowest BCUT2D eigenvalue weighted by atomic mass is 10.1. The van der Waals surface area contributed by atoms with Crippen molar-refractivity contribution in [2.45, 2.75) is 32.4 Å². The van der Waals surface area contributed by atoms with Gasteiger partial charge in [0.05, 0.1) is 23.7 Å². The third kappa shape index (κ3) is 3.73. The van der Waals surface area contributed by atoms with Gasteiger partial charge in [0.1, 0.15) is 16.8 Å². The molecule has 0 saturated carbocycles. The molecule has 158 valence electrons. The topological polar surface area (TPSA) is 111 Å². The fraction of sp³-hybridized carbons (Fsp3) is 0.429. The third-order valence-electron chi connectivity index (χ3n) is 5.33. The Balaban J connectivity index is 1.85. The molecule has 0 aliphatic carbocycles. The first-order chi connectivity index (χ1) is 14.5. The van der Waals surface area contributed by atoms with Gasteiger partial charge in [0.2, 0.25) is 0 Å². The summed E-state index contributed by atoms with van der Waals surface area (Å²) in [6, 6.07) is 5.11. The second kappa shape index (κ2) is 8.37. The van der Waals surface area contributed by atoms with Gasteiger partial charge >= 0.3 is 0 Å². The first-order valence-corrected chi connectivity index (χ1v) is 9.99. The Morgan fingerprint density at radius 2 is 2.27 bits per heavy atom. The van der Waals surface area contributed by atoms with Crippen LogP contribution >= 0.6 is 0 Å². The molecule has 2 N–H and O–H groups in total. The van der Waals surface area contributed by atoms with Gasteiger partial charge in [-0.15, -0.1) is 0 Å². The van der Waals surface area contributed by atoms with E-state index < -0.39 is 5.91 Å². The average molecular weight is 411 g/mol. The number of rotatable bonds is 6. The van der Waals surface area contributed by atoms with E-state index in [4.69, 9.17) is 14.9 Å². The van der Waals surface area contributed by atoms with Crippen LogP contribution in [0.5, 0.6) is 0 Å². The van der Waals surface area contributed by atoms with Gasteiger partial charge in [0.15, 0.2) is 0 Å². The number of nitrogens with one attached hydrogen (secondary N) is 2. The standard InChI is InChI=1S/C21H25N5O4/c1-13-5-6-17-24-19-16(21(28)26(17)12-13)10-15(18(22)25(19)7-9-29-2)20(27)23-11-14-4-3-8-30-14/h5-6,10,12,14,22H,3-4,7-9,11H2,1-2H3,(H,23,27). The molecule has 1 fully saturated rings. The minimum Gasteiger partial charge on any atom is -0.383 e. The summed E-state index contributed by atoms with van der Waals surface area (Å²) in [5.74, 6) is -0.405. The zero-order valence-corrected chi connectivity index (χ0v) is 17.1. The van der Waals surface area contributed by atoms with Crippen molar-refractivity contribution >= 4 is 22.6 Å². The molecule has 3 aromatic heterocycles. The highest BCUT2D eigenvalue weighted by molar-refractivity contribution is 5.96. The van der Waals surface area contributed by atoms with E-state index in [1.165, 1.54) is 10.5 Å². The predicted octanol–water partition coefficient (Wildman–Crippen LogP) is 0.992. The normalized spacial score (nSPS) is 16.4. The van der Waals surface area contributed by atoms with Gasteiger partial charge in [-0.05, 0) is 37.5 Å². The molecule has 3 aromatic rings. The number of aromatic nitrogens is 3. The molecule has 1 unspecified atom stereocenters. The number of pyridine rings is 2. The van der Waals surface area contributed by atoms with Crippen LogP contribution in [0.15, 0.2) is 29.2 Å². The van der Waals surface area contributed by atoms with Crippen LogP contribution in [0.25, 0.3) is 16.7 Å². The fourth-order valence-corrected chi connectivity index (χ4v) is 3.72. The summed E-state index contributed by atoms with van der Waals surface area (Å²) in [5.41, 5.74) is 1.61. The molecular formula is C21H25N5O4. The van der Waals surface area contributed by atoms with Crippen molar-refractivity contribution in [2.24, 2.45) is 0 Å². The van der Waals surface area contributed by atoms with Gasteiger partial charge in [-0.2, -0.15) is 0 Å². The van der Waals surface area contributed by atoms with Crippen LogP contribution in [0.2, 0.25) is 0 Å². The second-order valence-corrected chi connectivity index (χ2v) is 7.48. The Hall–Kier alpha value is -3.04. The van der Waals surface area contributed by atoms with Crippen LogP contribution in [0.4, 0.5) is 0 Å². The molecule has 1 atom stereocenters. The van der Waals surface area contributed by atoms with E-state index in [0.29, 0.717) is 37.6 Å². The molecule has 1 amide bonds. The van der Waals surface area contributed by atoms with Crippen molar-refractivity contribution in [1.82, 2.24) is 19.3 Å². The van der Waals surface area contributed by atoms with Gasteiger partial charge in [-0.3, -0.25) is 19.4 Å². The van der Waals surface area contributed by atoms with E-state index >= 15 is 0 Å². The van der Waals surface area contributed by atoms with Gasteiger partial charge in [-0.25, -0.2) is 4.98 Å². The highest BCUT2D eigenvalue weighted by Gasteiger charge is 2.20. The quantitative estimate of drug-likeness (QED) is 0.588. The molecule has 1 aliphatic heterocycles. The summed E-state index contributed by atoms with van der Waals surface area (Å²) < 4.78 is 13.7. The number of hydrogen-bond acceptors (Lipinski definition) is 6. The predicted molar refractivity (Wildman–Crippen MR) is 111 cm³/mol. The highest BCUT2D eigenvalue weighted by Crippen LogP contribution is 2.13. The largest absolute Gasteiger partial charge is 0.383 e. The lowest BCUT2D eigenvalue weighted by Gasteiger charge is -2.15. The number of aryl methyl sites for hydroxylation is 1. The van der Waals surface area contributed by atoms with Crippen molar-refractivity contribution in [3.05, 3.63) is 51.4 Å². The van der Waals surface area contributed by atoms with Crippen molar-refractivity contribution in [1.29, 1.82) is 5.41 Å². The number of ether oxygens (including phenoxy) is 2. The number of hydrogen-bond donors (Lipinski definition) is 2. The van der Waals surface area contributed by atoms with Crippen molar-refractivity contribution in [3.63, 3.8) is 0 Å². The molecule has 30 heavy (non-hydrogen) atoms. The number of fused-ring (bicyclic) bond motifs is 2. The number of methoxy groups -OCH3 is 1. The van der Waals surface area contributed by atoms with Crippen molar-refractivity contribution in [2.75, 3.05) is 26.9 Å². The summed E-state index contributed by atoms with van der Waals surface area (Å²) in [5, 5.41) is 11.7. The van der Waals surface area contributed by atoms with Gasteiger partial charge < -0.3 is 19.4 Å². The Morgan fingerprint density at radius 3 is 3.00 bits per heavy atom. The van der Waals surface area contributed by atoms with Gasteiger partial charge in [0.25, 0.3) is 11.5 Å². The number of amides is 1. The number of carbonyl (C=O) groups is 1. The highest BCUT2D eigenvalue weighted by atomic mass is 16.5. The van der Waals surface area contributed by atoms with Crippen LogP contribution in [0.3, 0.4) is 0 Å². The second-order valence-electron chi connectivity index (χ2n) is 7.48. The number of carbonyl (C=O) groups excluding carboxylic acids is 1. The van der Waals surface area contributed by atoms with E-state index in [-0.39, 0.29) is 28.1 Å². The Kier molecular flexibility index (Phi) is 5.65. The summed E-state index contributed by atoms with van der Waals surface area (Å²) in [6.45, 7) is 3.59. The summed E-state index contributed by atoms with van der Waals surface area (Å²) in [7, 11) is 1.56. The zero-order valence-electron chi connectivity index (χ0n) is 17.1. The first-order valence-electron chi connectivity index (χ1n) is 9.99. The van der Waals surface area contributed by atoms with E-state index in [0.717, 1.165) is 18.4 Å². The maximum Gasteiger partial charge on any atom is 0.267 e. The van der Waals surface area contributed by atoms with E-state index in [1.807, 2.05) is 13.0 Å². The lowest BCUT2D eigenvalue weighted by Crippen LogP contribution is -2.38. The molecule has 0 bridgehead atoms. The molecule has 4 heterocycles. The van der Waals surface area contributed by atoms with Crippen LogP contribution < -0.4 is 16.4 Å². The molecule has 0 spiro atoms. The van der Waals surface area contributed by atoms with Crippen LogP contribution in [-0.4, -0.2) is 52.8 Å². The monoisotopic (exact) mass is 411 g/mol. The lowest BCUT2D eigenvalue weighted by molar-refractivity contribution is 0.0855. The van der Waals surface area contributed by atoms with Crippen molar-refractivity contribution in [3.8, 4) is 0 Å². The molecule has 1 saturated heterocycles. The molecule has 4 rings (SSSR count). The van der Waals surface area contributed by atoms with E-state index in [2.05, 4.69) is 10.3 Å². The minimum absolute atomic E-state index is 0.00671. The Morgan fingerprint density at radius 1 is 1.43 bits per heavy atom. The van der Waals surface area contributed by atoms with Crippen LogP contribution in [-0.2, 0) is 16.0 Å². The summed E-state index contributed by atoms with van der Waals surface area (Å²) in [6.07, 6.45) is 3.58. The van der Waals surface area contributed by atoms with Crippen LogP contribution in [0, 0.1) is 12.3 Å². The summed E-state index contributed by atoms with van der Waals surface area (Å²) >= 11 is 0. The maximum atomic E-state index is 13.2. The minimum atomic E-state index is -0.405. The average Bonchev–Trinajstić information content (AvgIpc) is 3.26. The molecule has 9 nitrogen and oxygen atoms in total. The molecule has 0 radical (unpaired) electrons. The SMILES string of the molecule is COCCn1c(=N)c(C(=O)NCC2CCCO2)cc2c(=O)n3cc(C)ccc3nc21. The Labute approximate surface area is 172 Å². The van der Waals surface area contributed by atoms with E-state index in [1.54, 1.807) is 23.9 Å². The first kappa shape index (κ1) is 20.2. The molecule has 0 aromatic carbocycles. The molecule has 1 aliphatic rings. The fourth-order valence-electron chi connectivity index (χ4n) is 3.72. The number of nitrogens with zero attached hydrogens (tertiary/aromatic N) is 3. The molecule has 9 heteroatoms. The van der Waals surface area contributed by atoms with Crippen molar-refractivity contribution < 1.29 is 14.3 Å². The smallest absolute Gasteiger partial charge is 0.267 e. The third-order valence-corrected chi connectivity index (χ3v) is 5.33. The Bertz CT molecular complexity index is 1220. The maximum absolute atomic E-state index is 13.2. The van der Waals surface area contributed by atoms with Gasteiger partial charge in [-0.1, -0.05) is 6.07 Å². The van der Waals surface area contributed by atoms with E-state index in [9.17, 15) is 9.59 Å².